The van der Waals surface area contributed by atoms with Crippen molar-refractivity contribution in [3.8, 4) is 0 Å². The maximum Gasteiger partial charge on any atom is 0.446 e. The van der Waals surface area contributed by atoms with E-state index < -0.39 is 5.51 Å². The van der Waals surface area contributed by atoms with Gasteiger partial charge in [-0.3, -0.25) is 4.79 Å². The summed E-state index contributed by atoms with van der Waals surface area (Å²) in [6.45, 7) is 3.03. The maximum atomic E-state index is 12.1. The Morgan fingerprint density at radius 2 is 1.89 bits per heavy atom. The van der Waals surface area contributed by atoms with Crippen LogP contribution in [0, 0.1) is 0 Å². The van der Waals surface area contributed by atoms with Crippen molar-refractivity contribution in [3.63, 3.8) is 0 Å². The van der Waals surface area contributed by atoms with Gasteiger partial charge in [-0.2, -0.15) is 13.2 Å². The third kappa shape index (κ3) is 7.07. The highest BCUT2D eigenvalue weighted by atomic mass is 32.2. The second-order valence-corrected chi connectivity index (χ2v) is 4.89. The number of amides is 1. The smallest absolute Gasteiger partial charge is 0.355 e. The molecular formula is C12H15F3N2OS. The number of likely N-dealkylation sites (N-methyl/N-ethyl adjacent to an activating group) is 1. The summed E-state index contributed by atoms with van der Waals surface area (Å²) in [6, 6.07) is 6.06. The van der Waals surface area contributed by atoms with E-state index in [-0.39, 0.29) is 29.1 Å². The molecule has 0 fully saturated rings. The van der Waals surface area contributed by atoms with E-state index in [1.165, 1.54) is 12.1 Å². The van der Waals surface area contributed by atoms with Gasteiger partial charge in [0, 0.05) is 18.0 Å². The lowest BCUT2D eigenvalue weighted by molar-refractivity contribution is -0.120. The van der Waals surface area contributed by atoms with Gasteiger partial charge in [0.2, 0.25) is 5.91 Å². The molecule has 1 rings (SSSR count). The van der Waals surface area contributed by atoms with Crippen molar-refractivity contribution in [2.24, 2.45) is 0 Å². The molecule has 0 aromatic heterocycles. The number of alkyl halides is 3. The maximum absolute atomic E-state index is 12.1. The van der Waals surface area contributed by atoms with E-state index in [1.54, 1.807) is 12.1 Å². The Morgan fingerprint density at radius 3 is 2.42 bits per heavy atom. The van der Waals surface area contributed by atoms with Crippen LogP contribution in [0.15, 0.2) is 29.2 Å². The minimum absolute atomic E-state index is 0.105. The van der Waals surface area contributed by atoms with E-state index in [1.807, 2.05) is 6.92 Å². The zero-order chi connectivity index (χ0) is 14.3. The fourth-order valence-corrected chi connectivity index (χ4v) is 1.93. The average molecular weight is 292 g/mol. The van der Waals surface area contributed by atoms with E-state index in [0.29, 0.717) is 13.1 Å². The Kier molecular flexibility index (Phi) is 6.17. The summed E-state index contributed by atoms with van der Waals surface area (Å²) >= 11 is -0.140. The number of halogens is 3. The van der Waals surface area contributed by atoms with Crippen molar-refractivity contribution in [3.05, 3.63) is 29.8 Å². The molecule has 0 saturated carbocycles. The van der Waals surface area contributed by atoms with Crippen molar-refractivity contribution >= 4 is 17.7 Å². The van der Waals surface area contributed by atoms with Gasteiger partial charge in [0.25, 0.3) is 0 Å². The summed E-state index contributed by atoms with van der Waals surface area (Å²) in [4.78, 5) is 11.3. The number of rotatable bonds is 6. The van der Waals surface area contributed by atoms with Crippen molar-refractivity contribution in [2.75, 3.05) is 13.1 Å². The van der Waals surface area contributed by atoms with E-state index in [0.717, 1.165) is 5.56 Å². The summed E-state index contributed by atoms with van der Waals surface area (Å²) in [6.07, 6.45) is 0. The van der Waals surface area contributed by atoms with Crippen LogP contribution in [-0.4, -0.2) is 24.5 Å². The van der Waals surface area contributed by atoms with Crippen LogP contribution in [0.25, 0.3) is 0 Å². The summed E-state index contributed by atoms with van der Waals surface area (Å²) in [7, 11) is 0. The monoisotopic (exact) mass is 292 g/mol. The highest BCUT2D eigenvalue weighted by molar-refractivity contribution is 8.00. The average Bonchev–Trinajstić information content (AvgIpc) is 2.30. The zero-order valence-corrected chi connectivity index (χ0v) is 11.2. The van der Waals surface area contributed by atoms with Crippen LogP contribution >= 0.6 is 11.8 Å². The lowest BCUT2D eigenvalue weighted by Gasteiger charge is -2.07. The highest BCUT2D eigenvalue weighted by Crippen LogP contribution is 2.36. The Balaban J connectivity index is 2.38. The van der Waals surface area contributed by atoms with E-state index in [9.17, 15) is 18.0 Å². The Bertz CT molecular complexity index is 406. The molecule has 0 aliphatic carbocycles. The van der Waals surface area contributed by atoms with Gasteiger partial charge in [-0.15, -0.1) is 0 Å². The zero-order valence-electron chi connectivity index (χ0n) is 10.4. The molecule has 0 atom stereocenters. The predicted octanol–water partition coefficient (Wildman–Crippen LogP) is 2.52. The van der Waals surface area contributed by atoms with E-state index >= 15 is 0 Å². The van der Waals surface area contributed by atoms with Crippen LogP contribution in [0.2, 0.25) is 0 Å². The number of carbonyl (C=O) groups excluding carboxylic acids is 1. The molecule has 1 aromatic carbocycles. The molecule has 106 valence electrons. The quantitative estimate of drug-likeness (QED) is 0.792. The first kappa shape index (κ1) is 15.8. The van der Waals surface area contributed by atoms with Gasteiger partial charge in [-0.1, -0.05) is 12.1 Å². The summed E-state index contributed by atoms with van der Waals surface area (Å²) < 4.78 is 36.3. The molecule has 19 heavy (non-hydrogen) atoms. The van der Waals surface area contributed by atoms with Crippen molar-refractivity contribution < 1.29 is 18.0 Å². The number of carbonyl (C=O) groups is 1. The minimum Gasteiger partial charge on any atom is -0.355 e. The molecule has 2 N–H and O–H groups in total. The van der Waals surface area contributed by atoms with Crippen LogP contribution in [0.3, 0.4) is 0 Å². The topological polar surface area (TPSA) is 41.1 Å². The molecule has 0 saturated heterocycles. The third-order valence-corrected chi connectivity index (χ3v) is 2.88. The number of thioether (sulfide) groups is 1. The van der Waals surface area contributed by atoms with E-state index in [4.69, 9.17) is 0 Å². The summed E-state index contributed by atoms with van der Waals surface area (Å²) in [5.41, 5.74) is -3.44. The van der Waals surface area contributed by atoms with Gasteiger partial charge < -0.3 is 10.6 Å². The molecule has 0 unspecified atom stereocenters. The van der Waals surface area contributed by atoms with Gasteiger partial charge in [0.15, 0.2) is 0 Å². The lowest BCUT2D eigenvalue weighted by Crippen LogP contribution is -2.33. The molecule has 1 aromatic rings. The molecule has 0 bridgehead atoms. The first-order valence-corrected chi connectivity index (χ1v) is 6.54. The Morgan fingerprint density at radius 1 is 1.26 bits per heavy atom. The van der Waals surface area contributed by atoms with Gasteiger partial charge >= 0.3 is 5.51 Å². The van der Waals surface area contributed by atoms with Crippen molar-refractivity contribution in [1.82, 2.24) is 10.6 Å². The standard InChI is InChI=1S/C12H15F3N2OS/c1-2-17-11(18)8-16-7-9-3-5-10(6-4-9)19-12(13,14)15/h3-6,16H,2,7-8H2,1H3,(H,17,18). The molecule has 7 heteroatoms. The summed E-state index contributed by atoms with van der Waals surface area (Å²) in [5, 5.41) is 5.55. The fraction of sp³-hybridized carbons (Fsp3) is 0.417. The van der Waals surface area contributed by atoms with E-state index in [2.05, 4.69) is 10.6 Å². The molecule has 0 heterocycles. The lowest BCUT2D eigenvalue weighted by atomic mass is 10.2. The van der Waals surface area contributed by atoms with Crippen LogP contribution in [-0.2, 0) is 11.3 Å². The SMILES string of the molecule is CCNC(=O)CNCc1ccc(SC(F)(F)F)cc1. The Labute approximate surface area is 114 Å². The molecule has 3 nitrogen and oxygen atoms in total. The van der Waals surface area contributed by atoms with Crippen molar-refractivity contribution in [1.29, 1.82) is 0 Å². The van der Waals surface area contributed by atoms with Gasteiger partial charge in [-0.25, -0.2) is 0 Å². The second-order valence-electron chi connectivity index (χ2n) is 3.75. The van der Waals surface area contributed by atoms with Gasteiger partial charge in [0.05, 0.1) is 6.54 Å². The molecule has 0 aliphatic heterocycles. The normalized spacial score (nSPS) is 11.4. The number of nitrogens with one attached hydrogen (secondary N) is 2. The minimum atomic E-state index is -4.27. The van der Waals surface area contributed by atoms with Gasteiger partial charge in [0.1, 0.15) is 0 Å². The van der Waals surface area contributed by atoms with Crippen LogP contribution in [0.1, 0.15) is 12.5 Å². The molecule has 0 spiro atoms. The Hall–Kier alpha value is -1.21. The van der Waals surface area contributed by atoms with Crippen molar-refractivity contribution in [2.45, 2.75) is 23.9 Å². The molecule has 1 amide bonds. The van der Waals surface area contributed by atoms with Crippen LogP contribution in [0.4, 0.5) is 13.2 Å². The summed E-state index contributed by atoms with van der Waals surface area (Å²) in [5.74, 6) is -0.105. The second kappa shape index (κ2) is 7.40. The molecule has 0 aliphatic rings. The first-order valence-electron chi connectivity index (χ1n) is 5.73. The number of hydrogen-bond donors (Lipinski definition) is 2. The number of benzene rings is 1. The fourth-order valence-electron chi connectivity index (χ4n) is 1.39. The first-order chi connectivity index (χ1) is 8.90. The highest BCUT2D eigenvalue weighted by Gasteiger charge is 2.28. The van der Waals surface area contributed by atoms with Crippen LogP contribution in [0.5, 0.6) is 0 Å². The third-order valence-electron chi connectivity index (χ3n) is 2.15. The van der Waals surface area contributed by atoms with Crippen LogP contribution < -0.4 is 10.6 Å². The predicted molar refractivity (Wildman–Crippen MR) is 68.7 cm³/mol. The molecular weight excluding hydrogens is 277 g/mol. The number of hydrogen-bond acceptors (Lipinski definition) is 3. The largest absolute Gasteiger partial charge is 0.446 e. The van der Waals surface area contributed by atoms with Gasteiger partial charge in [-0.05, 0) is 36.4 Å². The molecule has 0 radical (unpaired) electrons.